The Labute approximate surface area is 212 Å². The highest BCUT2D eigenvalue weighted by molar-refractivity contribution is 6.22. The standard InChI is InChI=1S/C27H28N2O8/c1-11(2)29-10-14-3-6-19(37-14)15-4-5-17(30)21-16(15)8-12-7-13-9-18(31)22(26(28)35)25(34)27(13,36)24(33)20(12)23(21)32/h3-6,11-13,29-30,32,34,36H,7-10H2,1-2H3,(H2,28,35)/t12-,13+,27+/m1/s1. The van der Waals surface area contributed by atoms with Crippen molar-refractivity contribution >= 4 is 23.2 Å². The Kier molecular flexibility index (Phi) is 5.76. The van der Waals surface area contributed by atoms with Crippen LogP contribution in [0.3, 0.4) is 0 Å². The van der Waals surface area contributed by atoms with E-state index in [4.69, 9.17) is 10.2 Å². The molecule has 1 aromatic heterocycles. The summed E-state index contributed by atoms with van der Waals surface area (Å²) < 4.78 is 6.01. The van der Waals surface area contributed by atoms with E-state index in [2.05, 4.69) is 5.32 Å². The van der Waals surface area contributed by atoms with Crippen LogP contribution in [-0.2, 0) is 27.3 Å². The van der Waals surface area contributed by atoms with Crippen molar-refractivity contribution in [2.75, 3.05) is 0 Å². The summed E-state index contributed by atoms with van der Waals surface area (Å²) in [5.74, 6) is -5.32. The van der Waals surface area contributed by atoms with E-state index in [-0.39, 0.29) is 42.2 Å². The summed E-state index contributed by atoms with van der Waals surface area (Å²) in [6, 6.07) is 6.94. The van der Waals surface area contributed by atoms with Gasteiger partial charge in [-0.15, -0.1) is 0 Å². The lowest BCUT2D eigenvalue weighted by Gasteiger charge is -2.46. The van der Waals surface area contributed by atoms with E-state index >= 15 is 0 Å². The predicted octanol–water partition coefficient (Wildman–Crippen LogP) is 2.18. The van der Waals surface area contributed by atoms with Crippen LogP contribution in [0.1, 0.15) is 43.6 Å². The highest BCUT2D eigenvalue weighted by Crippen LogP contribution is 2.53. The van der Waals surface area contributed by atoms with Crippen LogP contribution >= 0.6 is 0 Å². The number of fused-ring (bicyclic) bond motifs is 3. The summed E-state index contributed by atoms with van der Waals surface area (Å²) in [5.41, 5.74) is 2.86. The number of amides is 1. The van der Waals surface area contributed by atoms with Crippen molar-refractivity contribution in [2.45, 2.75) is 51.3 Å². The molecule has 0 radical (unpaired) electrons. The maximum absolute atomic E-state index is 13.6. The Bertz CT molecular complexity index is 1420. The quantitative estimate of drug-likeness (QED) is 0.330. The number of Topliss-reactive ketones (excluding diaryl/α,β-unsaturated/α-hetero) is 2. The fraction of sp³-hybridized carbons (Fsp3) is 0.370. The van der Waals surface area contributed by atoms with Gasteiger partial charge in [-0.2, -0.15) is 0 Å². The van der Waals surface area contributed by atoms with E-state index in [1.54, 1.807) is 12.1 Å². The Morgan fingerprint density at radius 1 is 1.16 bits per heavy atom. The second kappa shape index (κ2) is 8.60. The molecule has 0 bridgehead atoms. The molecule has 7 N–H and O–H groups in total. The molecule has 1 saturated carbocycles. The average molecular weight is 509 g/mol. The number of benzene rings is 1. The highest BCUT2D eigenvalue weighted by atomic mass is 16.4. The number of nitrogens with one attached hydrogen (secondary N) is 1. The molecule has 0 unspecified atom stereocenters. The Morgan fingerprint density at radius 3 is 2.57 bits per heavy atom. The summed E-state index contributed by atoms with van der Waals surface area (Å²) in [7, 11) is 0. The Balaban J connectivity index is 1.61. The van der Waals surface area contributed by atoms with Gasteiger partial charge in [-0.25, -0.2) is 0 Å². The summed E-state index contributed by atoms with van der Waals surface area (Å²) in [6.07, 6.45) is -0.0859. The van der Waals surface area contributed by atoms with Gasteiger partial charge in [0.2, 0.25) is 5.78 Å². The fourth-order valence-corrected chi connectivity index (χ4v) is 5.77. The Hall–Kier alpha value is -3.89. The van der Waals surface area contributed by atoms with Gasteiger partial charge >= 0.3 is 0 Å². The van der Waals surface area contributed by atoms with Crippen LogP contribution in [0.4, 0.5) is 0 Å². The molecule has 194 valence electrons. The zero-order valence-electron chi connectivity index (χ0n) is 20.4. The molecule has 3 aliphatic rings. The van der Waals surface area contributed by atoms with Crippen molar-refractivity contribution in [2.24, 2.45) is 17.6 Å². The first kappa shape index (κ1) is 24.8. The number of rotatable bonds is 5. The lowest BCUT2D eigenvalue weighted by Crippen LogP contribution is -2.58. The average Bonchev–Trinajstić information content (AvgIpc) is 3.28. The van der Waals surface area contributed by atoms with Crippen LogP contribution < -0.4 is 11.1 Å². The lowest BCUT2D eigenvalue weighted by atomic mass is 9.59. The van der Waals surface area contributed by atoms with Crippen molar-refractivity contribution in [3.8, 4) is 17.1 Å². The SMILES string of the molecule is CC(C)NCc1ccc(-c2ccc(O)c3c2C[C@H]2C[C@H]4CC(=O)C(C(N)=O)=C(O)[C@@]4(O)C(=O)C2=C3O)o1. The molecule has 5 rings (SSSR count). The van der Waals surface area contributed by atoms with Crippen LogP contribution in [0, 0.1) is 11.8 Å². The van der Waals surface area contributed by atoms with Gasteiger partial charge in [-0.1, -0.05) is 13.8 Å². The first-order valence-electron chi connectivity index (χ1n) is 12.1. The number of hydrogen-bond donors (Lipinski definition) is 6. The van der Waals surface area contributed by atoms with Crippen LogP contribution in [0.2, 0.25) is 0 Å². The summed E-state index contributed by atoms with van der Waals surface area (Å²) in [6.45, 7) is 4.55. The normalized spacial score (nSPS) is 25.3. The van der Waals surface area contributed by atoms with E-state index in [0.29, 0.717) is 29.2 Å². The van der Waals surface area contributed by atoms with Gasteiger partial charge < -0.3 is 35.9 Å². The molecule has 3 atom stereocenters. The minimum Gasteiger partial charge on any atom is -0.508 e. The number of hydrogen-bond acceptors (Lipinski definition) is 9. The number of phenols is 1. The molecular weight excluding hydrogens is 480 g/mol. The predicted molar refractivity (Wildman–Crippen MR) is 131 cm³/mol. The summed E-state index contributed by atoms with van der Waals surface area (Å²) >= 11 is 0. The zero-order valence-corrected chi connectivity index (χ0v) is 20.4. The molecule has 1 amide bonds. The number of aromatic hydroxyl groups is 1. The minimum atomic E-state index is -2.58. The van der Waals surface area contributed by atoms with Crippen molar-refractivity contribution in [1.82, 2.24) is 5.32 Å². The molecule has 3 aliphatic carbocycles. The number of carbonyl (C=O) groups excluding carboxylic acids is 3. The second-order valence-corrected chi connectivity index (χ2v) is 10.2. The van der Waals surface area contributed by atoms with Crippen molar-refractivity contribution in [1.29, 1.82) is 0 Å². The van der Waals surface area contributed by atoms with Gasteiger partial charge in [0, 0.05) is 29.5 Å². The van der Waals surface area contributed by atoms with Crippen molar-refractivity contribution < 1.29 is 39.2 Å². The number of nitrogens with two attached hydrogens (primary N) is 1. The van der Waals surface area contributed by atoms with E-state index < -0.39 is 52.0 Å². The van der Waals surface area contributed by atoms with E-state index in [0.717, 1.165) is 0 Å². The third-order valence-electron chi connectivity index (χ3n) is 7.56. The molecule has 10 nitrogen and oxygen atoms in total. The van der Waals surface area contributed by atoms with Gasteiger partial charge in [-0.05, 0) is 48.6 Å². The number of carbonyl (C=O) groups is 3. The molecule has 10 heteroatoms. The van der Waals surface area contributed by atoms with Crippen molar-refractivity contribution in [3.63, 3.8) is 0 Å². The smallest absolute Gasteiger partial charge is 0.255 e. The third-order valence-corrected chi connectivity index (χ3v) is 7.56. The number of furan rings is 1. The largest absolute Gasteiger partial charge is 0.508 e. The first-order valence-corrected chi connectivity index (χ1v) is 12.1. The number of primary amides is 1. The molecule has 37 heavy (non-hydrogen) atoms. The fourth-order valence-electron chi connectivity index (χ4n) is 5.77. The molecule has 1 heterocycles. The van der Waals surface area contributed by atoms with E-state index in [9.17, 15) is 34.8 Å². The zero-order chi connectivity index (χ0) is 26.8. The number of phenolic OH excluding ortho intramolecular Hbond substituents is 1. The van der Waals surface area contributed by atoms with E-state index in [1.807, 2.05) is 19.9 Å². The molecule has 0 saturated heterocycles. The van der Waals surface area contributed by atoms with Crippen LogP contribution in [-0.4, -0.2) is 49.5 Å². The number of aliphatic hydroxyl groups excluding tert-OH is 2. The molecule has 0 spiro atoms. The monoisotopic (exact) mass is 508 g/mol. The maximum Gasteiger partial charge on any atom is 0.255 e. The molecule has 1 aromatic carbocycles. The van der Waals surface area contributed by atoms with Crippen LogP contribution in [0.25, 0.3) is 17.1 Å². The van der Waals surface area contributed by atoms with E-state index in [1.165, 1.54) is 6.07 Å². The summed E-state index contributed by atoms with van der Waals surface area (Å²) in [5, 5.41) is 47.1. The van der Waals surface area contributed by atoms with Gasteiger partial charge in [-0.3, -0.25) is 14.4 Å². The van der Waals surface area contributed by atoms with Gasteiger partial charge in [0.05, 0.1) is 12.1 Å². The minimum absolute atomic E-state index is 0.0304. The topological polar surface area (TPSA) is 183 Å². The van der Waals surface area contributed by atoms with Gasteiger partial charge in [0.15, 0.2) is 11.4 Å². The van der Waals surface area contributed by atoms with Gasteiger partial charge in [0.1, 0.15) is 34.4 Å². The Morgan fingerprint density at radius 2 is 1.89 bits per heavy atom. The molecule has 2 aromatic rings. The number of aliphatic hydroxyl groups is 3. The molecule has 0 aliphatic heterocycles. The second-order valence-electron chi connectivity index (χ2n) is 10.2. The molecular formula is C27H28N2O8. The maximum atomic E-state index is 13.6. The highest BCUT2D eigenvalue weighted by Gasteiger charge is 2.60. The third kappa shape index (κ3) is 3.67. The van der Waals surface area contributed by atoms with Crippen LogP contribution in [0.15, 0.2) is 45.6 Å². The molecule has 1 fully saturated rings. The number of ketones is 2. The van der Waals surface area contributed by atoms with Crippen molar-refractivity contribution in [3.05, 3.63) is 58.1 Å². The lowest BCUT2D eigenvalue weighted by molar-refractivity contribution is -0.147. The van der Waals surface area contributed by atoms with Crippen LogP contribution in [0.5, 0.6) is 5.75 Å². The van der Waals surface area contributed by atoms with Gasteiger partial charge in [0.25, 0.3) is 5.91 Å². The first-order chi connectivity index (χ1) is 17.4. The summed E-state index contributed by atoms with van der Waals surface area (Å²) in [4.78, 5) is 37.8.